The molecule has 0 aliphatic heterocycles. The second kappa shape index (κ2) is 7.25. The molecule has 118 valence electrons. The zero-order valence-electron chi connectivity index (χ0n) is 11.5. The first-order valence-corrected chi connectivity index (χ1v) is 9.23. The fourth-order valence-electron chi connectivity index (χ4n) is 1.86. The molecule has 1 amide bonds. The Morgan fingerprint density at radius 2 is 2.00 bits per heavy atom. The van der Waals surface area contributed by atoms with Gasteiger partial charge >= 0.3 is 0 Å². The molecule has 1 aromatic carbocycles. The Bertz CT molecular complexity index is 869. The third-order valence-corrected chi connectivity index (χ3v) is 5.00. The highest BCUT2D eigenvalue weighted by molar-refractivity contribution is 14.1. The first-order chi connectivity index (χ1) is 11.0. The second-order valence-electron chi connectivity index (χ2n) is 4.53. The maximum absolute atomic E-state index is 12.0. The minimum absolute atomic E-state index is 0.124. The van der Waals surface area contributed by atoms with E-state index in [2.05, 4.69) is 38.1 Å². The Hall–Kier alpha value is -1.03. The smallest absolute Gasteiger partial charge is 0.234 e. The van der Waals surface area contributed by atoms with Gasteiger partial charge in [-0.25, -0.2) is 0 Å². The van der Waals surface area contributed by atoms with E-state index in [9.17, 15) is 4.79 Å². The van der Waals surface area contributed by atoms with Crippen LogP contribution in [0.15, 0.2) is 41.7 Å². The molecule has 2 aromatic heterocycles. The van der Waals surface area contributed by atoms with Crippen molar-refractivity contribution in [2.45, 2.75) is 5.16 Å². The lowest BCUT2D eigenvalue weighted by Crippen LogP contribution is -2.14. The van der Waals surface area contributed by atoms with Gasteiger partial charge in [-0.3, -0.25) is 9.20 Å². The number of carbonyl (C=O) groups excluding carboxylic acids is 1. The summed E-state index contributed by atoms with van der Waals surface area (Å²) in [7, 11) is 0. The molecule has 0 radical (unpaired) electrons. The van der Waals surface area contributed by atoms with Crippen molar-refractivity contribution in [2.75, 3.05) is 11.1 Å². The number of thioether (sulfide) groups is 1. The number of anilines is 1. The summed E-state index contributed by atoms with van der Waals surface area (Å²) >= 11 is 15.5. The molecule has 2 heterocycles. The fraction of sp³-hybridized carbons (Fsp3) is 0.0714. The molecule has 9 heteroatoms. The molecule has 0 aliphatic rings. The predicted octanol–water partition coefficient (Wildman–Crippen LogP) is 4.37. The number of nitrogens with one attached hydrogen (secondary N) is 1. The third-order valence-electron chi connectivity index (χ3n) is 2.86. The second-order valence-corrected chi connectivity index (χ2v) is 7.56. The summed E-state index contributed by atoms with van der Waals surface area (Å²) in [6.07, 6.45) is 1.67. The first-order valence-electron chi connectivity index (χ1n) is 6.41. The lowest BCUT2D eigenvalue weighted by Gasteiger charge is -2.05. The normalized spacial score (nSPS) is 10.9. The number of hydrogen-bond acceptors (Lipinski definition) is 4. The van der Waals surface area contributed by atoms with Crippen molar-refractivity contribution >= 4 is 74.8 Å². The largest absolute Gasteiger partial charge is 0.325 e. The molecule has 0 atom stereocenters. The zero-order chi connectivity index (χ0) is 16.4. The summed E-state index contributed by atoms with van der Waals surface area (Å²) in [4.78, 5) is 12.0. The van der Waals surface area contributed by atoms with Gasteiger partial charge in [0.2, 0.25) is 5.91 Å². The van der Waals surface area contributed by atoms with Crippen LogP contribution in [0, 0.1) is 3.57 Å². The highest BCUT2D eigenvalue weighted by atomic mass is 127. The van der Waals surface area contributed by atoms with E-state index in [0.717, 1.165) is 9.26 Å². The maximum Gasteiger partial charge on any atom is 0.234 e. The summed E-state index contributed by atoms with van der Waals surface area (Å²) in [5.41, 5.74) is 1.27. The van der Waals surface area contributed by atoms with Crippen LogP contribution in [-0.2, 0) is 4.79 Å². The molecular weight excluding hydrogens is 470 g/mol. The van der Waals surface area contributed by atoms with E-state index >= 15 is 0 Å². The van der Waals surface area contributed by atoms with Gasteiger partial charge < -0.3 is 5.32 Å². The molecular formula is C14H9Cl2IN4OS. The molecule has 0 saturated carbocycles. The van der Waals surface area contributed by atoms with Gasteiger partial charge in [0.05, 0.1) is 15.8 Å². The number of benzene rings is 1. The number of rotatable bonds is 4. The van der Waals surface area contributed by atoms with Gasteiger partial charge in [0, 0.05) is 15.5 Å². The van der Waals surface area contributed by atoms with Gasteiger partial charge in [-0.1, -0.05) is 35.0 Å². The summed E-state index contributed by atoms with van der Waals surface area (Å²) in [6.45, 7) is 0. The molecule has 0 fully saturated rings. The van der Waals surface area contributed by atoms with Crippen molar-refractivity contribution in [3.63, 3.8) is 0 Å². The van der Waals surface area contributed by atoms with Crippen LogP contribution in [0.1, 0.15) is 0 Å². The summed E-state index contributed by atoms with van der Waals surface area (Å²) in [6, 6.07) is 9.18. The molecule has 0 spiro atoms. The van der Waals surface area contributed by atoms with E-state index in [4.69, 9.17) is 23.2 Å². The fourth-order valence-corrected chi connectivity index (χ4v) is 3.44. The number of fused-ring (bicyclic) bond motifs is 1. The Labute approximate surface area is 159 Å². The number of amides is 1. The molecule has 0 aliphatic carbocycles. The zero-order valence-corrected chi connectivity index (χ0v) is 15.9. The van der Waals surface area contributed by atoms with Crippen LogP contribution in [-0.4, -0.2) is 26.3 Å². The molecule has 3 rings (SSSR count). The van der Waals surface area contributed by atoms with Crippen LogP contribution >= 0.6 is 57.6 Å². The van der Waals surface area contributed by atoms with Gasteiger partial charge in [0.25, 0.3) is 0 Å². The molecule has 0 saturated heterocycles. The number of pyridine rings is 1. The Balaban J connectivity index is 1.68. The van der Waals surface area contributed by atoms with Crippen molar-refractivity contribution < 1.29 is 4.79 Å². The molecule has 23 heavy (non-hydrogen) atoms. The lowest BCUT2D eigenvalue weighted by atomic mass is 10.3. The molecule has 3 aromatic rings. The summed E-state index contributed by atoms with van der Waals surface area (Å²) in [5.74, 6) is 0.0813. The highest BCUT2D eigenvalue weighted by Crippen LogP contribution is 2.25. The van der Waals surface area contributed by atoms with E-state index in [1.807, 2.05) is 24.3 Å². The minimum Gasteiger partial charge on any atom is -0.325 e. The summed E-state index contributed by atoms with van der Waals surface area (Å²) < 4.78 is 2.78. The van der Waals surface area contributed by atoms with E-state index in [-0.39, 0.29) is 11.7 Å². The molecule has 0 bridgehead atoms. The van der Waals surface area contributed by atoms with Crippen LogP contribution < -0.4 is 5.32 Å². The number of aromatic nitrogens is 3. The van der Waals surface area contributed by atoms with E-state index in [1.165, 1.54) is 11.8 Å². The Kier molecular flexibility index (Phi) is 5.30. The monoisotopic (exact) mass is 478 g/mol. The van der Waals surface area contributed by atoms with Gasteiger partial charge in [-0.15, -0.1) is 10.2 Å². The number of hydrogen-bond donors (Lipinski definition) is 1. The SMILES string of the molecule is O=C(CSc1nnc2c(Cl)cc(Cl)cn12)Nc1ccc(I)cc1. The van der Waals surface area contributed by atoms with Crippen molar-refractivity contribution in [3.05, 3.63) is 50.1 Å². The van der Waals surface area contributed by atoms with E-state index in [0.29, 0.717) is 20.8 Å². The van der Waals surface area contributed by atoms with E-state index in [1.54, 1.807) is 16.7 Å². The van der Waals surface area contributed by atoms with Crippen molar-refractivity contribution in [3.8, 4) is 0 Å². The van der Waals surface area contributed by atoms with Crippen LogP contribution in [0.25, 0.3) is 5.65 Å². The van der Waals surface area contributed by atoms with Gasteiger partial charge in [-0.05, 0) is 52.9 Å². The standard InChI is InChI=1S/C14H9Cl2IN4OS/c15-8-5-11(16)13-19-20-14(21(13)6-8)23-7-12(22)18-10-3-1-9(17)2-4-10/h1-6H,7H2,(H,18,22). The van der Waals surface area contributed by atoms with Crippen LogP contribution in [0.4, 0.5) is 5.69 Å². The van der Waals surface area contributed by atoms with Crippen LogP contribution in [0.5, 0.6) is 0 Å². The quantitative estimate of drug-likeness (QED) is 0.446. The number of carbonyl (C=O) groups is 1. The average molecular weight is 479 g/mol. The van der Waals surface area contributed by atoms with Gasteiger partial charge in [0.15, 0.2) is 10.8 Å². The molecule has 1 N–H and O–H groups in total. The predicted molar refractivity (Wildman–Crippen MR) is 102 cm³/mol. The third kappa shape index (κ3) is 4.09. The number of halogens is 3. The van der Waals surface area contributed by atoms with E-state index < -0.39 is 0 Å². The van der Waals surface area contributed by atoms with Gasteiger partial charge in [-0.2, -0.15) is 0 Å². The van der Waals surface area contributed by atoms with Crippen LogP contribution in [0.3, 0.4) is 0 Å². The molecule has 5 nitrogen and oxygen atoms in total. The lowest BCUT2D eigenvalue weighted by molar-refractivity contribution is -0.113. The Morgan fingerprint density at radius 1 is 1.26 bits per heavy atom. The topological polar surface area (TPSA) is 59.3 Å². The van der Waals surface area contributed by atoms with Crippen molar-refractivity contribution in [2.24, 2.45) is 0 Å². The number of nitrogens with zero attached hydrogens (tertiary/aromatic N) is 3. The van der Waals surface area contributed by atoms with Crippen LogP contribution in [0.2, 0.25) is 10.0 Å². The average Bonchev–Trinajstić information content (AvgIpc) is 2.91. The molecule has 0 unspecified atom stereocenters. The van der Waals surface area contributed by atoms with Gasteiger partial charge in [0.1, 0.15) is 0 Å². The minimum atomic E-state index is -0.124. The summed E-state index contributed by atoms with van der Waals surface area (Å²) in [5, 5.41) is 12.3. The van der Waals surface area contributed by atoms with Crippen molar-refractivity contribution in [1.29, 1.82) is 0 Å². The Morgan fingerprint density at radius 3 is 2.74 bits per heavy atom. The van der Waals surface area contributed by atoms with Crippen molar-refractivity contribution in [1.82, 2.24) is 14.6 Å². The maximum atomic E-state index is 12.0. The highest BCUT2D eigenvalue weighted by Gasteiger charge is 2.12. The first kappa shape index (κ1) is 16.8.